The fourth-order valence-corrected chi connectivity index (χ4v) is 3.31. The summed E-state index contributed by atoms with van der Waals surface area (Å²) in [6.45, 7) is 0. The van der Waals surface area contributed by atoms with E-state index in [0.717, 1.165) is 0 Å². The van der Waals surface area contributed by atoms with Crippen LogP contribution in [0.2, 0.25) is 10.0 Å². The molecule has 112 valence electrons. The first kappa shape index (κ1) is 14.9. The zero-order chi connectivity index (χ0) is 15.9. The molecule has 4 nitrogen and oxygen atoms in total. The molecule has 0 saturated carbocycles. The average Bonchev–Trinajstić information content (AvgIpc) is 2.46. The molecule has 22 heavy (non-hydrogen) atoms. The van der Waals surface area contributed by atoms with Crippen LogP contribution < -0.4 is 11.1 Å². The number of halogens is 2. The maximum absolute atomic E-state index is 12.3. The van der Waals surface area contributed by atoms with Crippen molar-refractivity contribution in [3.8, 4) is 0 Å². The summed E-state index contributed by atoms with van der Waals surface area (Å²) in [5, 5.41) is 3.67. The normalized spacial score (nSPS) is 20.2. The number of nitrogens with two attached hydrogens (primary N) is 1. The van der Waals surface area contributed by atoms with Crippen molar-refractivity contribution in [2.45, 2.75) is 12.0 Å². The summed E-state index contributed by atoms with van der Waals surface area (Å²) in [6.07, 6.45) is 0. The van der Waals surface area contributed by atoms with Gasteiger partial charge in [-0.1, -0.05) is 47.5 Å². The van der Waals surface area contributed by atoms with Crippen molar-refractivity contribution in [3.05, 3.63) is 69.2 Å². The average molecular weight is 335 g/mol. The van der Waals surface area contributed by atoms with Crippen LogP contribution in [0.3, 0.4) is 0 Å². The van der Waals surface area contributed by atoms with Gasteiger partial charge in [0.05, 0.1) is 12.0 Å². The van der Waals surface area contributed by atoms with E-state index in [2.05, 4.69) is 5.32 Å². The van der Waals surface area contributed by atoms with Crippen LogP contribution in [0, 0.1) is 0 Å². The first-order valence-electron chi connectivity index (χ1n) is 6.63. The van der Waals surface area contributed by atoms with Gasteiger partial charge in [0.15, 0.2) is 0 Å². The Morgan fingerprint density at radius 3 is 2.50 bits per heavy atom. The first-order chi connectivity index (χ1) is 10.5. The van der Waals surface area contributed by atoms with Crippen LogP contribution in [0.25, 0.3) is 0 Å². The molecule has 0 aromatic heterocycles. The Morgan fingerprint density at radius 1 is 1.09 bits per heavy atom. The maximum atomic E-state index is 12.3. The van der Waals surface area contributed by atoms with Crippen LogP contribution in [0.1, 0.15) is 33.4 Å². The summed E-state index contributed by atoms with van der Waals surface area (Å²) in [5.41, 5.74) is 7.24. The molecule has 0 spiro atoms. The lowest BCUT2D eigenvalue weighted by Gasteiger charge is -2.33. The van der Waals surface area contributed by atoms with Crippen molar-refractivity contribution in [1.29, 1.82) is 0 Å². The van der Waals surface area contributed by atoms with Gasteiger partial charge in [-0.05, 0) is 29.3 Å². The summed E-state index contributed by atoms with van der Waals surface area (Å²) >= 11 is 12.1. The van der Waals surface area contributed by atoms with Crippen LogP contribution in [0.4, 0.5) is 0 Å². The van der Waals surface area contributed by atoms with E-state index in [1.807, 2.05) is 0 Å². The van der Waals surface area contributed by atoms with E-state index in [1.54, 1.807) is 42.5 Å². The van der Waals surface area contributed by atoms with Gasteiger partial charge >= 0.3 is 0 Å². The zero-order valence-corrected chi connectivity index (χ0v) is 12.9. The van der Waals surface area contributed by atoms with E-state index >= 15 is 0 Å². The van der Waals surface area contributed by atoms with E-state index in [0.29, 0.717) is 26.7 Å². The molecule has 1 heterocycles. The number of benzene rings is 2. The lowest BCUT2D eigenvalue weighted by Crippen LogP contribution is -2.43. The van der Waals surface area contributed by atoms with Gasteiger partial charge in [0.25, 0.3) is 5.91 Å². The molecule has 0 bridgehead atoms. The lowest BCUT2D eigenvalue weighted by atomic mass is 9.81. The van der Waals surface area contributed by atoms with Crippen molar-refractivity contribution in [1.82, 2.24) is 5.32 Å². The molecule has 6 heteroatoms. The molecule has 2 atom stereocenters. The van der Waals surface area contributed by atoms with Crippen LogP contribution in [-0.2, 0) is 4.79 Å². The van der Waals surface area contributed by atoms with E-state index in [-0.39, 0.29) is 5.91 Å². The molecule has 0 saturated heterocycles. The predicted octanol–water partition coefficient (Wildman–Crippen LogP) is 3.05. The molecule has 2 aromatic carbocycles. The van der Waals surface area contributed by atoms with Crippen LogP contribution in [0.15, 0.2) is 42.5 Å². The number of carbonyl (C=O) groups is 2. The number of hydrogen-bond donors (Lipinski definition) is 2. The number of primary amides is 1. The van der Waals surface area contributed by atoms with Gasteiger partial charge < -0.3 is 11.1 Å². The highest BCUT2D eigenvalue weighted by atomic mass is 35.5. The number of rotatable bonds is 2. The highest BCUT2D eigenvalue weighted by molar-refractivity contribution is 6.35. The Balaban J connectivity index is 2.16. The molecular formula is C16H12Cl2N2O2. The number of amides is 2. The van der Waals surface area contributed by atoms with Crippen molar-refractivity contribution in [3.63, 3.8) is 0 Å². The quantitative estimate of drug-likeness (QED) is 0.885. The summed E-state index contributed by atoms with van der Waals surface area (Å²) in [6, 6.07) is 11.2. The molecule has 3 N–H and O–H groups in total. The van der Waals surface area contributed by atoms with Gasteiger partial charge in [0.1, 0.15) is 0 Å². The number of carbonyl (C=O) groups excluding carboxylic acids is 2. The van der Waals surface area contributed by atoms with Gasteiger partial charge in [-0.2, -0.15) is 0 Å². The summed E-state index contributed by atoms with van der Waals surface area (Å²) < 4.78 is 0. The lowest BCUT2D eigenvalue weighted by molar-refractivity contribution is -0.120. The third-order valence-electron chi connectivity index (χ3n) is 3.76. The van der Waals surface area contributed by atoms with Gasteiger partial charge in [0, 0.05) is 15.6 Å². The minimum atomic E-state index is -0.687. The van der Waals surface area contributed by atoms with Gasteiger partial charge in [-0.15, -0.1) is 0 Å². The van der Waals surface area contributed by atoms with Gasteiger partial charge in [-0.3, -0.25) is 9.59 Å². The summed E-state index contributed by atoms with van der Waals surface area (Å²) in [5.74, 6) is -1.47. The standard InChI is InChI=1S/C16H12Cl2N2O2/c17-8-5-6-11(12(18)7-8)14-13(15(19)21)9-3-1-2-4-10(9)16(22)20-14/h1-7,13-14H,(H2,19,21)(H,20,22)/t13-,14+/m1/s1. The van der Waals surface area contributed by atoms with Crippen molar-refractivity contribution in [2.24, 2.45) is 5.73 Å². The van der Waals surface area contributed by atoms with E-state index < -0.39 is 17.9 Å². The van der Waals surface area contributed by atoms with Crippen molar-refractivity contribution >= 4 is 35.0 Å². The largest absolute Gasteiger partial charge is 0.369 e. The molecule has 0 radical (unpaired) electrons. The molecule has 0 unspecified atom stereocenters. The molecule has 1 aliphatic heterocycles. The number of fused-ring (bicyclic) bond motifs is 1. The van der Waals surface area contributed by atoms with Gasteiger partial charge in [-0.25, -0.2) is 0 Å². The van der Waals surface area contributed by atoms with Crippen molar-refractivity contribution < 1.29 is 9.59 Å². The molecule has 0 fully saturated rings. The van der Waals surface area contributed by atoms with E-state index in [9.17, 15) is 9.59 Å². The predicted molar refractivity (Wildman–Crippen MR) is 85.0 cm³/mol. The summed E-state index contributed by atoms with van der Waals surface area (Å²) in [4.78, 5) is 24.3. The number of nitrogens with one attached hydrogen (secondary N) is 1. The van der Waals surface area contributed by atoms with Crippen LogP contribution in [-0.4, -0.2) is 11.8 Å². The Hall–Kier alpha value is -2.04. The smallest absolute Gasteiger partial charge is 0.252 e. The fourth-order valence-electron chi connectivity index (χ4n) is 2.79. The van der Waals surface area contributed by atoms with E-state index in [1.165, 1.54) is 0 Å². The van der Waals surface area contributed by atoms with Crippen molar-refractivity contribution in [2.75, 3.05) is 0 Å². The third kappa shape index (κ3) is 2.45. The molecule has 2 aromatic rings. The fraction of sp³-hybridized carbons (Fsp3) is 0.125. The molecular weight excluding hydrogens is 323 g/mol. The van der Waals surface area contributed by atoms with Gasteiger partial charge in [0.2, 0.25) is 5.91 Å². The summed E-state index contributed by atoms with van der Waals surface area (Å²) in [7, 11) is 0. The SMILES string of the molecule is NC(=O)[C@@H]1c2ccccc2C(=O)N[C@H]1c1ccc(Cl)cc1Cl. The Morgan fingerprint density at radius 2 is 1.82 bits per heavy atom. The minimum Gasteiger partial charge on any atom is -0.369 e. The number of hydrogen-bond acceptors (Lipinski definition) is 2. The Bertz CT molecular complexity index is 776. The first-order valence-corrected chi connectivity index (χ1v) is 7.38. The Kier molecular flexibility index (Phi) is 3.81. The maximum Gasteiger partial charge on any atom is 0.252 e. The topological polar surface area (TPSA) is 72.2 Å². The highest BCUT2D eigenvalue weighted by Crippen LogP contribution is 2.39. The second-order valence-corrected chi connectivity index (χ2v) is 5.93. The molecule has 2 amide bonds. The zero-order valence-electron chi connectivity index (χ0n) is 11.3. The van der Waals surface area contributed by atoms with E-state index in [4.69, 9.17) is 28.9 Å². The third-order valence-corrected chi connectivity index (χ3v) is 4.33. The molecule has 0 aliphatic carbocycles. The van der Waals surface area contributed by atoms with Crippen LogP contribution >= 0.6 is 23.2 Å². The molecule has 1 aliphatic rings. The second kappa shape index (κ2) is 5.63. The second-order valence-electron chi connectivity index (χ2n) is 5.08. The minimum absolute atomic E-state index is 0.260. The van der Waals surface area contributed by atoms with Crippen LogP contribution in [0.5, 0.6) is 0 Å². The highest BCUT2D eigenvalue weighted by Gasteiger charge is 2.38. The Labute approximate surface area is 137 Å². The molecule has 3 rings (SSSR count). The monoisotopic (exact) mass is 334 g/mol.